The van der Waals surface area contributed by atoms with Gasteiger partial charge >= 0.3 is 6.18 Å². The maximum Gasteiger partial charge on any atom is 0.421 e. The number of allylic oxidation sites excluding steroid dienone is 2. The second-order valence-electron chi connectivity index (χ2n) is 1.58. The maximum atomic E-state index is 11.8. The van der Waals surface area contributed by atoms with Crippen molar-refractivity contribution in [1.29, 1.82) is 0 Å². The average Bonchev–Trinajstić information content (AvgIpc) is 1.80. The molecule has 60 valence electrons. The third kappa shape index (κ3) is 3.15. The summed E-state index contributed by atoms with van der Waals surface area (Å²) in [6.07, 6.45) is -3.07. The van der Waals surface area contributed by atoms with Crippen molar-refractivity contribution in [3.8, 4) is 0 Å². The van der Waals surface area contributed by atoms with E-state index in [1.807, 2.05) is 0 Å². The molecule has 0 amide bonds. The fourth-order valence-electron chi connectivity index (χ4n) is 0.484. The van der Waals surface area contributed by atoms with E-state index in [-0.39, 0.29) is 0 Å². The molecule has 0 fully saturated rings. The van der Waals surface area contributed by atoms with Crippen molar-refractivity contribution in [2.75, 3.05) is 5.75 Å². The van der Waals surface area contributed by atoms with Gasteiger partial charge in [-0.3, -0.25) is 0 Å². The van der Waals surface area contributed by atoms with E-state index >= 15 is 0 Å². The van der Waals surface area contributed by atoms with Crippen LogP contribution < -0.4 is 0 Å². The highest BCUT2D eigenvalue weighted by atomic mass is 32.2. The highest BCUT2D eigenvalue weighted by molar-refractivity contribution is 8.03. The van der Waals surface area contributed by atoms with Crippen LogP contribution in [0.25, 0.3) is 0 Å². The van der Waals surface area contributed by atoms with E-state index in [1.165, 1.54) is 6.92 Å². The van der Waals surface area contributed by atoms with Gasteiger partial charge in [0.05, 0.1) is 4.91 Å². The largest absolute Gasteiger partial charge is 0.421 e. The van der Waals surface area contributed by atoms with Gasteiger partial charge in [0.2, 0.25) is 0 Å². The maximum absolute atomic E-state index is 11.8. The van der Waals surface area contributed by atoms with Crippen molar-refractivity contribution >= 4 is 11.8 Å². The molecule has 0 aromatic rings. The summed E-state index contributed by atoms with van der Waals surface area (Å²) in [5.41, 5.74) is 0. The number of thioether (sulfide) groups is 1. The summed E-state index contributed by atoms with van der Waals surface area (Å²) in [5, 5.41) is 0. The van der Waals surface area contributed by atoms with Gasteiger partial charge in [0, 0.05) is 0 Å². The van der Waals surface area contributed by atoms with Crippen molar-refractivity contribution in [3.05, 3.63) is 11.0 Å². The Hall–Kier alpha value is -0.120. The molecule has 0 N–H and O–H groups in total. The van der Waals surface area contributed by atoms with Gasteiger partial charge in [-0.2, -0.15) is 13.2 Å². The van der Waals surface area contributed by atoms with E-state index in [0.29, 0.717) is 5.75 Å². The first-order valence-corrected chi connectivity index (χ1v) is 3.87. The topological polar surface area (TPSA) is 0 Å². The third-order valence-corrected chi connectivity index (χ3v) is 1.91. The first-order valence-electron chi connectivity index (χ1n) is 2.88. The molecule has 0 aliphatic heterocycles. The van der Waals surface area contributed by atoms with Crippen LogP contribution in [0.4, 0.5) is 13.2 Å². The van der Waals surface area contributed by atoms with Crippen LogP contribution in [-0.4, -0.2) is 11.9 Å². The van der Waals surface area contributed by atoms with Crippen LogP contribution >= 0.6 is 11.8 Å². The van der Waals surface area contributed by atoms with Gasteiger partial charge < -0.3 is 0 Å². The van der Waals surface area contributed by atoms with Crippen molar-refractivity contribution in [2.45, 2.75) is 20.0 Å². The zero-order valence-corrected chi connectivity index (χ0v) is 6.64. The second kappa shape index (κ2) is 3.91. The van der Waals surface area contributed by atoms with Gasteiger partial charge in [0.15, 0.2) is 0 Å². The van der Waals surface area contributed by atoms with Gasteiger partial charge in [-0.1, -0.05) is 13.0 Å². The molecule has 0 saturated carbocycles. The summed E-state index contributed by atoms with van der Waals surface area (Å²) in [7, 11) is 0. The minimum atomic E-state index is -4.16. The summed E-state index contributed by atoms with van der Waals surface area (Å²) in [6.45, 7) is 3.09. The second-order valence-corrected chi connectivity index (χ2v) is 2.89. The average molecular weight is 170 g/mol. The predicted molar refractivity (Wildman–Crippen MR) is 37.9 cm³/mol. The number of alkyl halides is 3. The van der Waals surface area contributed by atoms with Gasteiger partial charge in [-0.15, -0.1) is 11.8 Å². The SMILES string of the molecule is CC=C(SCC)C(F)(F)F. The molecule has 0 radical (unpaired) electrons. The Morgan fingerprint density at radius 1 is 1.50 bits per heavy atom. The fraction of sp³-hybridized carbons (Fsp3) is 0.667. The van der Waals surface area contributed by atoms with E-state index in [9.17, 15) is 13.2 Å². The van der Waals surface area contributed by atoms with Crippen LogP contribution in [0, 0.1) is 0 Å². The predicted octanol–water partition coefficient (Wildman–Crippen LogP) is 3.21. The molecular formula is C6H9F3S. The summed E-state index contributed by atoms with van der Waals surface area (Å²) in [5.74, 6) is 0.458. The van der Waals surface area contributed by atoms with Gasteiger partial charge in [-0.25, -0.2) is 0 Å². The molecular weight excluding hydrogens is 161 g/mol. The van der Waals surface area contributed by atoms with E-state index in [4.69, 9.17) is 0 Å². The van der Waals surface area contributed by atoms with Crippen molar-refractivity contribution < 1.29 is 13.2 Å². The lowest BCUT2D eigenvalue weighted by Crippen LogP contribution is -2.08. The summed E-state index contributed by atoms with van der Waals surface area (Å²) in [4.78, 5) is -0.505. The summed E-state index contributed by atoms with van der Waals surface area (Å²) < 4.78 is 35.5. The minimum absolute atomic E-state index is 0.458. The van der Waals surface area contributed by atoms with Crippen LogP contribution in [0.3, 0.4) is 0 Å². The van der Waals surface area contributed by atoms with Gasteiger partial charge in [-0.05, 0) is 12.7 Å². The molecule has 4 heteroatoms. The number of hydrogen-bond acceptors (Lipinski definition) is 1. The monoisotopic (exact) mass is 170 g/mol. The molecule has 0 aromatic carbocycles. The summed E-state index contributed by atoms with van der Waals surface area (Å²) >= 11 is 0.819. The number of rotatable bonds is 2. The van der Waals surface area contributed by atoms with Crippen LogP contribution in [0.15, 0.2) is 11.0 Å². The molecule has 0 spiro atoms. The normalized spacial score (nSPS) is 13.9. The van der Waals surface area contributed by atoms with E-state index in [2.05, 4.69) is 0 Å². The first kappa shape index (κ1) is 9.88. The Kier molecular flexibility index (Phi) is 3.86. The van der Waals surface area contributed by atoms with Crippen molar-refractivity contribution in [2.24, 2.45) is 0 Å². The quantitative estimate of drug-likeness (QED) is 0.613. The highest BCUT2D eigenvalue weighted by Crippen LogP contribution is 2.33. The first-order chi connectivity index (χ1) is 4.52. The fourth-order valence-corrected chi connectivity index (χ4v) is 1.13. The molecule has 0 bridgehead atoms. The Labute approximate surface area is 62.5 Å². The Bertz CT molecular complexity index is 125. The molecule has 0 atom stereocenters. The van der Waals surface area contributed by atoms with Crippen molar-refractivity contribution in [1.82, 2.24) is 0 Å². The Morgan fingerprint density at radius 2 is 2.00 bits per heavy atom. The van der Waals surface area contributed by atoms with Crippen LogP contribution in [0.5, 0.6) is 0 Å². The molecule has 10 heavy (non-hydrogen) atoms. The van der Waals surface area contributed by atoms with Crippen LogP contribution in [0.2, 0.25) is 0 Å². The zero-order chi connectivity index (χ0) is 8.20. The van der Waals surface area contributed by atoms with E-state index < -0.39 is 11.1 Å². The standard InChI is InChI=1S/C6H9F3S/c1-3-5(10-4-2)6(7,8)9/h3H,4H2,1-2H3. The molecule has 0 aromatic heterocycles. The smallest absolute Gasteiger partial charge is 0.166 e. The molecule has 0 aliphatic carbocycles. The molecule has 0 nitrogen and oxygen atoms in total. The Balaban J connectivity index is 4.10. The molecule has 0 saturated heterocycles. The Morgan fingerprint density at radius 3 is 2.10 bits per heavy atom. The zero-order valence-electron chi connectivity index (χ0n) is 5.83. The van der Waals surface area contributed by atoms with Gasteiger partial charge in [0.25, 0.3) is 0 Å². The van der Waals surface area contributed by atoms with Crippen molar-refractivity contribution in [3.63, 3.8) is 0 Å². The lowest BCUT2D eigenvalue weighted by Gasteiger charge is -2.08. The molecule has 0 unspecified atom stereocenters. The minimum Gasteiger partial charge on any atom is -0.166 e. The third-order valence-electron chi connectivity index (χ3n) is 0.841. The number of halogens is 3. The van der Waals surface area contributed by atoms with Gasteiger partial charge in [0.1, 0.15) is 0 Å². The van der Waals surface area contributed by atoms with Crippen LogP contribution in [-0.2, 0) is 0 Å². The summed E-state index contributed by atoms with van der Waals surface area (Å²) in [6, 6.07) is 0. The molecule has 0 heterocycles. The van der Waals surface area contributed by atoms with Crippen LogP contribution in [0.1, 0.15) is 13.8 Å². The molecule has 0 rings (SSSR count). The van der Waals surface area contributed by atoms with E-state index in [1.54, 1.807) is 6.92 Å². The molecule has 0 aliphatic rings. The lowest BCUT2D eigenvalue weighted by molar-refractivity contribution is -0.0837. The van der Waals surface area contributed by atoms with E-state index in [0.717, 1.165) is 17.8 Å². The lowest BCUT2D eigenvalue weighted by atomic mass is 10.5. The number of hydrogen-bond donors (Lipinski definition) is 0. The highest BCUT2D eigenvalue weighted by Gasteiger charge is 2.32.